The molecule has 7 nitrogen and oxygen atoms in total. The molecule has 7 heteroatoms. The Balaban J connectivity index is 1.53. The number of benzene rings is 2. The number of ether oxygens (including phenoxy) is 2. The van der Waals surface area contributed by atoms with E-state index in [0.717, 1.165) is 0 Å². The lowest BCUT2D eigenvalue weighted by Crippen LogP contribution is -2.28. The van der Waals surface area contributed by atoms with Crippen molar-refractivity contribution in [3.63, 3.8) is 0 Å². The van der Waals surface area contributed by atoms with Gasteiger partial charge < -0.3 is 19.7 Å². The Morgan fingerprint density at radius 3 is 2.67 bits per heavy atom. The minimum absolute atomic E-state index is 0.0519. The number of carbonyl (C=O) groups is 3. The van der Waals surface area contributed by atoms with Crippen LogP contribution in [-0.4, -0.2) is 38.0 Å². The fourth-order valence-corrected chi connectivity index (χ4v) is 2.87. The van der Waals surface area contributed by atoms with Gasteiger partial charge in [0.05, 0.1) is 13.0 Å². The molecular weight excluding hydrogens is 348 g/mol. The molecule has 2 aromatic rings. The summed E-state index contributed by atoms with van der Waals surface area (Å²) >= 11 is 0. The van der Waals surface area contributed by atoms with E-state index in [4.69, 9.17) is 9.47 Å². The van der Waals surface area contributed by atoms with E-state index in [1.54, 1.807) is 55.6 Å². The molecule has 1 atom stereocenters. The second-order valence-electron chi connectivity index (χ2n) is 6.13. The molecular formula is C20H20N2O5. The van der Waals surface area contributed by atoms with Crippen LogP contribution >= 0.6 is 0 Å². The molecule has 2 aromatic carbocycles. The van der Waals surface area contributed by atoms with Gasteiger partial charge in [-0.15, -0.1) is 0 Å². The van der Waals surface area contributed by atoms with Gasteiger partial charge in [0.1, 0.15) is 5.75 Å². The van der Waals surface area contributed by atoms with Crippen molar-refractivity contribution in [2.75, 3.05) is 30.5 Å². The molecule has 1 aliphatic rings. The van der Waals surface area contributed by atoms with Crippen molar-refractivity contribution in [2.45, 2.75) is 6.42 Å². The van der Waals surface area contributed by atoms with Crippen LogP contribution in [-0.2, 0) is 19.1 Å². The van der Waals surface area contributed by atoms with Gasteiger partial charge in [0.15, 0.2) is 6.61 Å². The fourth-order valence-electron chi connectivity index (χ4n) is 2.87. The zero-order valence-corrected chi connectivity index (χ0v) is 14.9. The first-order valence-corrected chi connectivity index (χ1v) is 8.53. The maximum Gasteiger partial charge on any atom is 0.311 e. The van der Waals surface area contributed by atoms with Crippen molar-refractivity contribution >= 4 is 29.2 Å². The van der Waals surface area contributed by atoms with Gasteiger partial charge in [-0.25, -0.2) is 0 Å². The van der Waals surface area contributed by atoms with Crippen LogP contribution in [0.15, 0.2) is 54.6 Å². The highest BCUT2D eigenvalue weighted by atomic mass is 16.5. The first-order chi connectivity index (χ1) is 13.1. The monoisotopic (exact) mass is 368 g/mol. The number of methoxy groups -OCH3 is 1. The summed E-state index contributed by atoms with van der Waals surface area (Å²) in [7, 11) is 1.55. The molecule has 2 amide bonds. The van der Waals surface area contributed by atoms with E-state index in [-0.39, 0.29) is 18.9 Å². The molecule has 0 aromatic heterocycles. The highest BCUT2D eigenvalue weighted by Crippen LogP contribution is 2.28. The van der Waals surface area contributed by atoms with Gasteiger partial charge in [-0.05, 0) is 24.3 Å². The Morgan fingerprint density at radius 2 is 1.93 bits per heavy atom. The SMILES string of the molecule is COc1cccc(N2C[C@@H](C(=O)OCC(=O)Nc3ccccc3)CC2=O)c1. The molecule has 0 unspecified atom stereocenters. The van der Waals surface area contributed by atoms with E-state index in [1.807, 2.05) is 6.07 Å². The molecule has 1 aliphatic heterocycles. The average Bonchev–Trinajstić information content (AvgIpc) is 3.09. The highest BCUT2D eigenvalue weighted by molar-refractivity contribution is 6.00. The summed E-state index contributed by atoms with van der Waals surface area (Å²) < 4.78 is 10.2. The number of carbonyl (C=O) groups excluding carboxylic acids is 3. The Morgan fingerprint density at radius 1 is 1.15 bits per heavy atom. The lowest BCUT2D eigenvalue weighted by Gasteiger charge is -2.17. The Hall–Kier alpha value is -3.35. The number of hydrogen-bond donors (Lipinski definition) is 1. The summed E-state index contributed by atoms with van der Waals surface area (Å²) in [6.07, 6.45) is 0.0519. The molecule has 0 spiro atoms. The minimum Gasteiger partial charge on any atom is -0.497 e. The van der Waals surface area contributed by atoms with Crippen LogP contribution < -0.4 is 15.0 Å². The van der Waals surface area contributed by atoms with E-state index in [9.17, 15) is 14.4 Å². The molecule has 0 bridgehead atoms. The maximum atomic E-state index is 12.3. The molecule has 1 N–H and O–H groups in total. The zero-order chi connectivity index (χ0) is 19.2. The predicted molar refractivity (Wildman–Crippen MR) is 99.5 cm³/mol. The number of amides is 2. The normalized spacial score (nSPS) is 16.1. The second kappa shape index (κ2) is 8.35. The summed E-state index contributed by atoms with van der Waals surface area (Å²) in [4.78, 5) is 37.9. The topological polar surface area (TPSA) is 84.9 Å². The smallest absolute Gasteiger partial charge is 0.311 e. The summed E-state index contributed by atoms with van der Waals surface area (Å²) in [6, 6.07) is 16.0. The van der Waals surface area contributed by atoms with E-state index in [2.05, 4.69) is 5.32 Å². The quantitative estimate of drug-likeness (QED) is 0.791. The number of nitrogens with one attached hydrogen (secondary N) is 1. The fraction of sp³-hybridized carbons (Fsp3) is 0.250. The van der Waals surface area contributed by atoms with Gasteiger partial charge in [0.2, 0.25) is 5.91 Å². The van der Waals surface area contributed by atoms with Crippen LogP contribution in [0.25, 0.3) is 0 Å². The van der Waals surface area contributed by atoms with E-state index in [1.165, 1.54) is 4.90 Å². The van der Waals surface area contributed by atoms with Gasteiger partial charge in [-0.2, -0.15) is 0 Å². The summed E-state index contributed by atoms with van der Waals surface area (Å²) in [5.41, 5.74) is 1.29. The Kier molecular flexibility index (Phi) is 5.71. The number of hydrogen-bond acceptors (Lipinski definition) is 5. The summed E-state index contributed by atoms with van der Waals surface area (Å²) in [5.74, 6) is -1.13. The van der Waals surface area contributed by atoms with Gasteiger partial charge in [-0.1, -0.05) is 24.3 Å². The molecule has 0 aliphatic carbocycles. The zero-order valence-electron chi connectivity index (χ0n) is 14.9. The van der Waals surface area contributed by atoms with Crippen molar-refractivity contribution in [1.29, 1.82) is 0 Å². The van der Waals surface area contributed by atoms with Crippen molar-refractivity contribution in [3.8, 4) is 5.75 Å². The summed E-state index contributed by atoms with van der Waals surface area (Å²) in [5, 5.41) is 2.64. The lowest BCUT2D eigenvalue weighted by molar-refractivity contribution is -0.151. The lowest BCUT2D eigenvalue weighted by atomic mass is 10.1. The summed E-state index contributed by atoms with van der Waals surface area (Å²) in [6.45, 7) is -0.178. The van der Waals surface area contributed by atoms with Crippen molar-refractivity contribution in [3.05, 3.63) is 54.6 Å². The molecule has 27 heavy (non-hydrogen) atoms. The van der Waals surface area contributed by atoms with Crippen molar-refractivity contribution in [1.82, 2.24) is 0 Å². The van der Waals surface area contributed by atoms with Crippen LogP contribution in [0.2, 0.25) is 0 Å². The molecule has 0 radical (unpaired) electrons. The van der Waals surface area contributed by atoms with Gasteiger partial charge in [0.25, 0.3) is 5.91 Å². The van der Waals surface area contributed by atoms with Crippen LogP contribution in [0.3, 0.4) is 0 Å². The highest BCUT2D eigenvalue weighted by Gasteiger charge is 2.36. The van der Waals surface area contributed by atoms with Crippen LogP contribution in [0.1, 0.15) is 6.42 Å². The van der Waals surface area contributed by atoms with Crippen LogP contribution in [0.5, 0.6) is 5.75 Å². The third kappa shape index (κ3) is 4.63. The Bertz CT molecular complexity index is 837. The van der Waals surface area contributed by atoms with Gasteiger partial charge in [-0.3, -0.25) is 14.4 Å². The molecule has 0 saturated carbocycles. The van der Waals surface area contributed by atoms with Crippen molar-refractivity contribution < 1.29 is 23.9 Å². The standard InChI is InChI=1S/C20H20N2O5/c1-26-17-9-5-8-16(11-17)22-12-14(10-19(22)24)20(25)27-13-18(23)21-15-6-3-2-4-7-15/h2-9,11,14H,10,12-13H2,1H3,(H,21,23)/t14-/m0/s1. The molecule has 1 saturated heterocycles. The van der Waals surface area contributed by atoms with Gasteiger partial charge >= 0.3 is 5.97 Å². The third-order valence-electron chi connectivity index (χ3n) is 4.23. The van der Waals surface area contributed by atoms with Crippen molar-refractivity contribution in [2.24, 2.45) is 5.92 Å². The molecule has 3 rings (SSSR count). The Labute approximate surface area is 156 Å². The maximum absolute atomic E-state index is 12.3. The minimum atomic E-state index is -0.603. The largest absolute Gasteiger partial charge is 0.497 e. The van der Waals surface area contributed by atoms with E-state index in [0.29, 0.717) is 17.1 Å². The van der Waals surface area contributed by atoms with Gasteiger partial charge in [0, 0.05) is 30.4 Å². The number of anilines is 2. The molecule has 140 valence electrons. The first kappa shape index (κ1) is 18.4. The number of nitrogens with zero attached hydrogens (tertiary/aromatic N) is 1. The first-order valence-electron chi connectivity index (χ1n) is 8.53. The number of rotatable bonds is 6. The van der Waals surface area contributed by atoms with E-state index < -0.39 is 24.4 Å². The van der Waals surface area contributed by atoms with E-state index >= 15 is 0 Å². The molecule has 1 heterocycles. The second-order valence-corrected chi connectivity index (χ2v) is 6.13. The van der Waals surface area contributed by atoms with Crippen LogP contribution in [0, 0.1) is 5.92 Å². The van der Waals surface area contributed by atoms with Crippen LogP contribution in [0.4, 0.5) is 11.4 Å². The number of esters is 1. The average molecular weight is 368 g/mol. The molecule has 1 fully saturated rings. The predicted octanol–water partition coefficient (Wildman–Crippen LogP) is 2.23. The third-order valence-corrected chi connectivity index (χ3v) is 4.23. The number of para-hydroxylation sites is 1.